The highest BCUT2D eigenvalue weighted by Crippen LogP contribution is 2.18. The maximum Gasteiger partial charge on any atom is 0.345 e. The zero-order valence-electron chi connectivity index (χ0n) is 11.3. The molecule has 3 aromatic rings. The summed E-state index contributed by atoms with van der Waals surface area (Å²) in [6, 6.07) is 16.3. The summed E-state index contributed by atoms with van der Waals surface area (Å²) in [5.41, 5.74) is 2.00. The van der Waals surface area contributed by atoms with E-state index >= 15 is 0 Å². The summed E-state index contributed by atoms with van der Waals surface area (Å²) in [6.45, 7) is 1.79. The van der Waals surface area contributed by atoms with Gasteiger partial charge in [-0.25, -0.2) is 4.79 Å². The van der Waals surface area contributed by atoms with Crippen molar-refractivity contribution in [2.45, 2.75) is 6.92 Å². The van der Waals surface area contributed by atoms with Gasteiger partial charge in [-0.2, -0.15) is 0 Å². The average Bonchev–Trinajstić information content (AvgIpc) is 2.49. The molecule has 0 N–H and O–H groups in total. The van der Waals surface area contributed by atoms with Crippen LogP contribution in [-0.2, 0) is 0 Å². The standard InChI is InChI=1S/C17H12ClNO2/c1-11(19-14-8-6-13(18)7-9-14)15-10-12-4-2-3-5-16(12)21-17(15)20/h2-10H,1H3. The minimum Gasteiger partial charge on any atom is -0.422 e. The number of para-hydroxylation sites is 1. The molecule has 1 aromatic heterocycles. The molecule has 2 aromatic carbocycles. The Morgan fingerprint density at radius 2 is 1.81 bits per heavy atom. The Morgan fingerprint density at radius 3 is 2.57 bits per heavy atom. The number of aliphatic imine (C=N–C) groups is 1. The SMILES string of the molecule is CC(=Nc1ccc(Cl)cc1)c1cc2ccccc2oc1=O. The lowest BCUT2D eigenvalue weighted by molar-refractivity contribution is 0.559. The van der Waals surface area contributed by atoms with E-state index in [1.165, 1.54) is 0 Å². The summed E-state index contributed by atoms with van der Waals surface area (Å²) in [6.07, 6.45) is 0. The second kappa shape index (κ2) is 5.54. The smallest absolute Gasteiger partial charge is 0.345 e. The van der Waals surface area contributed by atoms with Crippen molar-refractivity contribution < 1.29 is 4.42 Å². The maximum absolute atomic E-state index is 12.1. The van der Waals surface area contributed by atoms with Gasteiger partial charge in [0.15, 0.2) is 0 Å². The third kappa shape index (κ3) is 2.88. The second-order valence-corrected chi connectivity index (χ2v) is 5.10. The zero-order chi connectivity index (χ0) is 14.8. The molecule has 104 valence electrons. The Kier molecular flexibility index (Phi) is 3.59. The van der Waals surface area contributed by atoms with E-state index in [0.29, 0.717) is 21.9 Å². The summed E-state index contributed by atoms with van der Waals surface area (Å²) in [7, 11) is 0. The van der Waals surface area contributed by atoms with Gasteiger partial charge in [0.25, 0.3) is 0 Å². The average molecular weight is 298 g/mol. The molecular formula is C17H12ClNO2. The summed E-state index contributed by atoms with van der Waals surface area (Å²) < 4.78 is 5.31. The van der Waals surface area contributed by atoms with Crippen molar-refractivity contribution in [3.05, 3.63) is 75.6 Å². The molecule has 0 spiro atoms. The van der Waals surface area contributed by atoms with E-state index in [1.54, 1.807) is 43.3 Å². The quantitative estimate of drug-likeness (QED) is 0.513. The van der Waals surface area contributed by atoms with Crippen LogP contribution in [-0.4, -0.2) is 5.71 Å². The first-order valence-electron chi connectivity index (χ1n) is 6.47. The van der Waals surface area contributed by atoms with Crippen molar-refractivity contribution in [1.29, 1.82) is 0 Å². The number of fused-ring (bicyclic) bond motifs is 1. The zero-order valence-corrected chi connectivity index (χ0v) is 12.1. The normalized spacial score (nSPS) is 11.8. The molecule has 3 rings (SSSR count). The van der Waals surface area contributed by atoms with Crippen LogP contribution in [0.2, 0.25) is 5.02 Å². The van der Waals surface area contributed by atoms with E-state index in [1.807, 2.05) is 18.2 Å². The molecule has 3 nitrogen and oxygen atoms in total. The highest BCUT2D eigenvalue weighted by Gasteiger charge is 2.08. The first-order valence-corrected chi connectivity index (χ1v) is 6.85. The van der Waals surface area contributed by atoms with E-state index in [-0.39, 0.29) is 5.63 Å². The molecule has 1 heterocycles. The Hall–Kier alpha value is -2.39. The Balaban J connectivity index is 2.08. The van der Waals surface area contributed by atoms with Gasteiger partial charge < -0.3 is 4.42 Å². The molecule has 4 heteroatoms. The molecule has 0 saturated carbocycles. The number of nitrogens with zero attached hydrogens (tertiary/aromatic N) is 1. The van der Waals surface area contributed by atoms with Crippen LogP contribution in [0.15, 0.2) is 68.8 Å². The van der Waals surface area contributed by atoms with E-state index in [9.17, 15) is 4.79 Å². The van der Waals surface area contributed by atoms with Crippen LogP contribution in [0, 0.1) is 0 Å². The van der Waals surface area contributed by atoms with Crippen LogP contribution in [0.5, 0.6) is 0 Å². The Morgan fingerprint density at radius 1 is 1.10 bits per heavy atom. The van der Waals surface area contributed by atoms with Crippen molar-refractivity contribution >= 4 is 34.0 Å². The molecule has 0 amide bonds. The molecular weight excluding hydrogens is 286 g/mol. The Labute approximate surface area is 126 Å². The molecule has 0 radical (unpaired) electrons. The number of benzene rings is 2. The summed E-state index contributed by atoms with van der Waals surface area (Å²) >= 11 is 5.84. The topological polar surface area (TPSA) is 42.6 Å². The lowest BCUT2D eigenvalue weighted by Gasteiger charge is -2.02. The summed E-state index contributed by atoms with van der Waals surface area (Å²) in [4.78, 5) is 16.5. The molecule has 21 heavy (non-hydrogen) atoms. The predicted octanol–water partition coefficient (Wildman–Crippen LogP) is 4.59. The van der Waals surface area contributed by atoms with Gasteiger partial charge in [-0.1, -0.05) is 29.8 Å². The van der Waals surface area contributed by atoms with Crippen LogP contribution in [0.25, 0.3) is 11.0 Å². The van der Waals surface area contributed by atoms with E-state index in [0.717, 1.165) is 11.1 Å². The number of hydrogen-bond acceptors (Lipinski definition) is 3. The van der Waals surface area contributed by atoms with Crippen molar-refractivity contribution in [1.82, 2.24) is 0 Å². The second-order valence-electron chi connectivity index (χ2n) is 4.66. The van der Waals surface area contributed by atoms with Crippen molar-refractivity contribution in [3.63, 3.8) is 0 Å². The fraction of sp³-hybridized carbons (Fsp3) is 0.0588. The van der Waals surface area contributed by atoms with Crippen LogP contribution in [0.1, 0.15) is 12.5 Å². The van der Waals surface area contributed by atoms with Crippen LogP contribution < -0.4 is 5.63 Å². The number of rotatable bonds is 2. The van der Waals surface area contributed by atoms with Gasteiger partial charge in [-0.15, -0.1) is 0 Å². The van der Waals surface area contributed by atoms with Gasteiger partial charge in [-0.3, -0.25) is 4.99 Å². The van der Waals surface area contributed by atoms with Gasteiger partial charge in [0.1, 0.15) is 5.58 Å². The minimum atomic E-state index is -0.385. The summed E-state index contributed by atoms with van der Waals surface area (Å²) in [5, 5.41) is 1.52. The molecule has 0 aliphatic rings. The molecule has 0 bridgehead atoms. The number of halogens is 1. The third-order valence-corrected chi connectivity index (χ3v) is 3.41. The van der Waals surface area contributed by atoms with Crippen molar-refractivity contribution in [2.75, 3.05) is 0 Å². The monoisotopic (exact) mass is 297 g/mol. The fourth-order valence-electron chi connectivity index (χ4n) is 2.08. The molecule has 0 aliphatic heterocycles. The predicted molar refractivity (Wildman–Crippen MR) is 85.8 cm³/mol. The largest absolute Gasteiger partial charge is 0.422 e. The molecule has 0 saturated heterocycles. The molecule has 0 unspecified atom stereocenters. The lowest BCUT2D eigenvalue weighted by Crippen LogP contribution is -2.11. The van der Waals surface area contributed by atoms with Gasteiger partial charge in [0, 0.05) is 10.4 Å². The van der Waals surface area contributed by atoms with Crippen LogP contribution in [0.4, 0.5) is 5.69 Å². The van der Waals surface area contributed by atoms with Gasteiger partial charge in [-0.05, 0) is 43.3 Å². The van der Waals surface area contributed by atoms with Gasteiger partial charge >= 0.3 is 5.63 Å². The van der Waals surface area contributed by atoms with Crippen molar-refractivity contribution in [3.8, 4) is 0 Å². The Bertz CT molecular complexity index is 879. The van der Waals surface area contributed by atoms with Gasteiger partial charge in [0.05, 0.1) is 17.0 Å². The fourth-order valence-corrected chi connectivity index (χ4v) is 2.21. The molecule has 0 atom stereocenters. The third-order valence-electron chi connectivity index (χ3n) is 3.15. The molecule has 0 aliphatic carbocycles. The highest BCUT2D eigenvalue weighted by molar-refractivity contribution is 6.30. The van der Waals surface area contributed by atoms with Crippen LogP contribution in [0.3, 0.4) is 0 Å². The van der Waals surface area contributed by atoms with Crippen molar-refractivity contribution in [2.24, 2.45) is 4.99 Å². The number of hydrogen-bond donors (Lipinski definition) is 0. The maximum atomic E-state index is 12.1. The summed E-state index contributed by atoms with van der Waals surface area (Å²) in [5.74, 6) is 0. The molecule has 0 fully saturated rings. The van der Waals surface area contributed by atoms with E-state index in [2.05, 4.69) is 4.99 Å². The first kappa shape index (κ1) is 13.6. The minimum absolute atomic E-state index is 0.385. The lowest BCUT2D eigenvalue weighted by atomic mass is 10.1. The van der Waals surface area contributed by atoms with Crippen LogP contribution >= 0.6 is 11.6 Å². The first-order chi connectivity index (χ1) is 10.1. The highest BCUT2D eigenvalue weighted by atomic mass is 35.5. The van der Waals surface area contributed by atoms with E-state index < -0.39 is 0 Å². The van der Waals surface area contributed by atoms with Gasteiger partial charge in [0.2, 0.25) is 0 Å². The van der Waals surface area contributed by atoms with E-state index in [4.69, 9.17) is 16.0 Å².